The average molecular weight is 320 g/mol. The van der Waals surface area contributed by atoms with Gasteiger partial charge in [-0.2, -0.15) is 0 Å². The molecule has 0 atom stereocenters. The summed E-state index contributed by atoms with van der Waals surface area (Å²) in [5.41, 5.74) is 0.152. The Kier molecular flexibility index (Phi) is 3.84. The van der Waals surface area contributed by atoms with Crippen molar-refractivity contribution >= 4 is 5.97 Å². The topological polar surface area (TPSA) is 65.0 Å². The Balaban J connectivity index is 1.90. The Labute approximate surface area is 129 Å². The Hall–Kier alpha value is -3.09. The standard InChI is InChI=1S/C16H10F2O5/c17-10-2-3-11(13(18)8-10)9-1-4-14(19)12(7-9)15(20)23-16-21-5-6-22-16/h1-8,16,19H. The molecule has 0 saturated carbocycles. The molecule has 23 heavy (non-hydrogen) atoms. The lowest BCUT2D eigenvalue weighted by Crippen LogP contribution is -2.18. The highest BCUT2D eigenvalue weighted by Gasteiger charge is 2.22. The van der Waals surface area contributed by atoms with E-state index in [9.17, 15) is 18.7 Å². The first kappa shape index (κ1) is 14.8. The second-order valence-electron chi connectivity index (χ2n) is 4.59. The minimum Gasteiger partial charge on any atom is -0.507 e. The van der Waals surface area contributed by atoms with Crippen molar-refractivity contribution in [2.24, 2.45) is 0 Å². The normalized spacial score (nSPS) is 13.5. The van der Waals surface area contributed by atoms with Crippen LogP contribution >= 0.6 is 0 Å². The Morgan fingerprint density at radius 1 is 1.09 bits per heavy atom. The molecule has 118 valence electrons. The van der Waals surface area contributed by atoms with Crippen LogP contribution < -0.4 is 0 Å². The molecule has 1 aliphatic heterocycles. The lowest BCUT2D eigenvalue weighted by molar-refractivity contribution is -0.185. The molecule has 0 fully saturated rings. The number of phenols is 1. The van der Waals surface area contributed by atoms with Gasteiger partial charge in [0.1, 0.15) is 35.5 Å². The molecule has 0 amide bonds. The van der Waals surface area contributed by atoms with Gasteiger partial charge in [-0.25, -0.2) is 13.6 Å². The summed E-state index contributed by atoms with van der Waals surface area (Å²) < 4.78 is 41.3. The van der Waals surface area contributed by atoms with Crippen LogP contribution in [0, 0.1) is 11.6 Å². The number of hydrogen-bond donors (Lipinski definition) is 1. The summed E-state index contributed by atoms with van der Waals surface area (Å²) in [6.07, 6.45) is 2.39. The minimum atomic E-state index is -1.24. The van der Waals surface area contributed by atoms with Crippen molar-refractivity contribution in [2.45, 2.75) is 6.48 Å². The van der Waals surface area contributed by atoms with Crippen LogP contribution in [0.4, 0.5) is 8.78 Å². The smallest absolute Gasteiger partial charge is 0.408 e. The molecule has 5 nitrogen and oxygen atoms in total. The van der Waals surface area contributed by atoms with Gasteiger partial charge in [-0.05, 0) is 29.8 Å². The van der Waals surface area contributed by atoms with E-state index in [1.54, 1.807) is 0 Å². The molecule has 0 spiro atoms. The maximum absolute atomic E-state index is 13.8. The number of hydrogen-bond acceptors (Lipinski definition) is 5. The van der Waals surface area contributed by atoms with Crippen molar-refractivity contribution in [1.82, 2.24) is 0 Å². The zero-order chi connectivity index (χ0) is 16.4. The third-order valence-electron chi connectivity index (χ3n) is 3.10. The van der Waals surface area contributed by atoms with Crippen molar-refractivity contribution in [3.05, 3.63) is 66.1 Å². The zero-order valence-corrected chi connectivity index (χ0v) is 11.5. The van der Waals surface area contributed by atoms with E-state index in [4.69, 9.17) is 14.2 Å². The first-order chi connectivity index (χ1) is 11.0. The third kappa shape index (κ3) is 3.08. The molecular weight excluding hydrogens is 310 g/mol. The van der Waals surface area contributed by atoms with Crippen molar-refractivity contribution in [2.75, 3.05) is 0 Å². The molecule has 7 heteroatoms. The molecule has 0 aromatic heterocycles. The first-order valence-electron chi connectivity index (χ1n) is 6.50. The Morgan fingerprint density at radius 3 is 2.52 bits per heavy atom. The summed E-state index contributed by atoms with van der Waals surface area (Å²) >= 11 is 0. The number of benzene rings is 2. The Bertz CT molecular complexity index is 780. The number of aromatic hydroxyl groups is 1. The molecule has 0 radical (unpaired) electrons. The van der Waals surface area contributed by atoms with E-state index in [1.807, 2.05) is 0 Å². The van der Waals surface area contributed by atoms with E-state index in [2.05, 4.69) is 0 Å². The van der Waals surface area contributed by atoms with Crippen molar-refractivity contribution in [3.8, 4) is 16.9 Å². The number of esters is 1. The summed E-state index contributed by atoms with van der Waals surface area (Å²) in [7, 11) is 0. The maximum atomic E-state index is 13.8. The molecular formula is C16H10F2O5. The van der Waals surface area contributed by atoms with Crippen LogP contribution in [0.25, 0.3) is 11.1 Å². The molecule has 3 rings (SSSR count). The average Bonchev–Trinajstić information content (AvgIpc) is 3.01. The summed E-state index contributed by atoms with van der Waals surface area (Å²) in [5, 5.41) is 9.79. The largest absolute Gasteiger partial charge is 0.507 e. The predicted octanol–water partition coefficient (Wildman–Crippen LogP) is 3.30. The number of halogens is 2. The Morgan fingerprint density at radius 2 is 1.83 bits per heavy atom. The van der Waals surface area contributed by atoms with Crippen molar-refractivity contribution in [3.63, 3.8) is 0 Å². The van der Waals surface area contributed by atoms with Crippen molar-refractivity contribution in [1.29, 1.82) is 0 Å². The molecule has 1 aliphatic rings. The highest BCUT2D eigenvalue weighted by atomic mass is 19.1. The van der Waals surface area contributed by atoms with Gasteiger partial charge in [-0.15, -0.1) is 0 Å². The predicted molar refractivity (Wildman–Crippen MR) is 74.0 cm³/mol. The van der Waals surface area contributed by atoms with Gasteiger partial charge in [0.15, 0.2) is 0 Å². The quantitative estimate of drug-likeness (QED) is 0.879. The molecule has 0 aliphatic carbocycles. The van der Waals surface area contributed by atoms with Gasteiger partial charge < -0.3 is 19.3 Å². The van der Waals surface area contributed by atoms with Crippen LogP contribution in [-0.2, 0) is 14.2 Å². The van der Waals surface area contributed by atoms with E-state index >= 15 is 0 Å². The SMILES string of the molecule is O=C(OC1OC=CO1)c1cc(-c2ccc(F)cc2F)ccc1O. The highest BCUT2D eigenvalue weighted by molar-refractivity contribution is 5.94. The number of carbonyl (C=O) groups excluding carboxylic acids is 1. The van der Waals surface area contributed by atoms with E-state index in [-0.39, 0.29) is 22.4 Å². The van der Waals surface area contributed by atoms with Crippen LogP contribution in [0.1, 0.15) is 10.4 Å². The van der Waals surface area contributed by atoms with Gasteiger partial charge in [-0.3, -0.25) is 0 Å². The molecule has 2 aromatic rings. The number of ether oxygens (including phenoxy) is 3. The number of carbonyl (C=O) groups is 1. The van der Waals surface area contributed by atoms with Crippen LogP contribution in [0.5, 0.6) is 5.75 Å². The second kappa shape index (κ2) is 5.96. The summed E-state index contributed by atoms with van der Waals surface area (Å²) in [6, 6.07) is 6.90. The van der Waals surface area contributed by atoms with E-state index in [0.717, 1.165) is 12.1 Å². The number of rotatable bonds is 3. The van der Waals surface area contributed by atoms with E-state index in [1.165, 1.54) is 36.8 Å². The van der Waals surface area contributed by atoms with Gasteiger partial charge in [-0.1, -0.05) is 6.07 Å². The first-order valence-corrected chi connectivity index (χ1v) is 6.50. The van der Waals surface area contributed by atoms with Crippen LogP contribution in [0.15, 0.2) is 48.9 Å². The maximum Gasteiger partial charge on any atom is 0.408 e. The summed E-state index contributed by atoms with van der Waals surface area (Å²) in [5.74, 6) is -2.78. The monoisotopic (exact) mass is 320 g/mol. The van der Waals surface area contributed by atoms with Crippen LogP contribution in [0.3, 0.4) is 0 Å². The van der Waals surface area contributed by atoms with E-state index in [0.29, 0.717) is 0 Å². The van der Waals surface area contributed by atoms with Crippen molar-refractivity contribution < 1.29 is 32.9 Å². The fraction of sp³-hybridized carbons (Fsp3) is 0.0625. The van der Waals surface area contributed by atoms with Crippen LogP contribution in [0.2, 0.25) is 0 Å². The van der Waals surface area contributed by atoms with E-state index < -0.39 is 24.1 Å². The zero-order valence-electron chi connectivity index (χ0n) is 11.5. The molecule has 0 unspecified atom stereocenters. The molecule has 1 heterocycles. The van der Waals surface area contributed by atoms with Gasteiger partial charge in [0, 0.05) is 11.6 Å². The fourth-order valence-corrected chi connectivity index (χ4v) is 2.02. The van der Waals surface area contributed by atoms with Gasteiger partial charge >= 0.3 is 12.4 Å². The highest BCUT2D eigenvalue weighted by Crippen LogP contribution is 2.29. The molecule has 0 saturated heterocycles. The van der Waals surface area contributed by atoms with Crippen LogP contribution in [-0.4, -0.2) is 17.6 Å². The third-order valence-corrected chi connectivity index (χ3v) is 3.10. The van der Waals surface area contributed by atoms with Gasteiger partial charge in [0.2, 0.25) is 0 Å². The summed E-state index contributed by atoms with van der Waals surface area (Å²) in [4.78, 5) is 12.0. The minimum absolute atomic E-state index is 0.0792. The molecule has 2 aromatic carbocycles. The lowest BCUT2D eigenvalue weighted by atomic mass is 10.0. The molecule has 1 N–H and O–H groups in total. The van der Waals surface area contributed by atoms with Gasteiger partial charge in [0.25, 0.3) is 0 Å². The lowest BCUT2D eigenvalue weighted by Gasteiger charge is -2.12. The fourth-order valence-electron chi connectivity index (χ4n) is 2.02. The summed E-state index contributed by atoms with van der Waals surface area (Å²) in [6.45, 7) is -1.24. The molecule has 0 bridgehead atoms. The number of phenolic OH excluding ortho intramolecular Hbond substituents is 1. The second-order valence-corrected chi connectivity index (χ2v) is 4.59. The van der Waals surface area contributed by atoms with Gasteiger partial charge in [0.05, 0.1) is 0 Å².